The van der Waals surface area contributed by atoms with E-state index in [4.69, 9.17) is 4.74 Å². The van der Waals surface area contributed by atoms with E-state index in [1.165, 1.54) is 19.8 Å². The molecule has 4 rings (SSSR count). The lowest BCUT2D eigenvalue weighted by Gasteiger charge is -2.47. The van der Waals surface area contributed by atoms with Crippen LogP contribution in [-0.4, -0.2) is 51.9 Å². The van der Waals surface area contributed by atoms with Crippen LogP contribution in [0.3, 0.4) is 0 Å². The number of carbonyl (C=O) groups excluding carboxylic acids is 3. The van der Waals surface area contributed by atoms with Crippen LogP contribution in [-0.2, 0) is 16.1 Å². The number of aromatic nitrogens is 1. The van der Waals surface area contributed by atoms with Crippen molar-refractivity contribution in [2.45, 2.75) is 90.4 Å². The fraction of sp³-hybridized carbons (Fsp3) is 0.577. The molecule has 8 heteroatoms. The summed E-state index contributed by atoms with van der Waals surface area (Å²) in [5.41, 5.74) is 0.573. The lowest BCUT2D eigenvalue weighted by atomic mass is 9.92. The maximum absolute atomic E-state index is 14.0. The quantitative estimate of drug-likeness (QED) is 0.647. The van der Waals surface area contributed by atoms with Gasteiger partial charge in [0.1, 0.15) is 17.0 Å². The van der Waals surface area contributed by atoms with E-state index in [2.05, 4.69) is 10.6 Å². The molecule has 34 heavy (non-hydrogen) atoms. The van der Waals surface area contributed by atoms with E-state index in [9.17, 15) is 14.4 Å². The summed E-state index contributed by atoms with van der Waals surface area (Å²) < 4.78 is 7.28. The average molecular weight is 469 g/mol. The second kappa shape index (κ2) is 9.31. The van der Waals surface area contributed by atoms with E-state index in [0.717, 1.165) is 36.6 Å². The van der Waals surface area contributed by atoms with Gasteiger partial charge in [-0.15, -0.1) is 0 Å². The van der Waals surface area contributed by atoms with Crippen molar-refractivity contribution < 1.29 is 19.1 Å². The van der Waals surface area contributed by atoms with Gasteiger partial charge in [0.15, 0.2) is 0 Å². The largest absolute Gasteiger partial charge is 0.497 e. The highest BCUT2D eigenvalue weighted by atomic mass is 16.5. The van der Waals surface area contributed by atoms with Crippen molar-refractivity contribution in [3.63, 3.8) is 0 Å². The molecule has 184 valence electrons. The molecule has 2 aliphatic rings. The summed E-state index contributed by atoms with van der Waals surface area (Å²) >= 11 is 0. The number of nitrogens with one attached hydrogen (secondary N) is 2. The molecule has 1 aliphatic heterocycles. The second-order valence-corrected chi connectivity index (χ2v) is 10.1. The lowest BCUT2D eigenvalue weighted by molar-refractivity contribution is -0.134. The van der Waals surface area contributed by atoms with Crippen molar-refractivity contribution in [1.29, 1.82) is 0 Å². The summed E-state index contributed by atoms with van der Waals surface area (Å²) in [7, 11) is 1.58. The summed E-state index contributed by atoms with van der Waals surface area (Å²) in [6, 6.07) is 5.46. The first-order valence-electron chi connectivity index (χ1n) is 12.3. The standard InChI is InChI=1S/C26H36N4O4/c1-16(2)30-24(32)23-22(27-17(3)31)20-14-19(34-5)12-13-21(20)29(23)15-26(30,4)25(33)28-18-10-8-6-7-9-11-18/h12-14,16,18H,6-11,15H2,1-5H3,(H,27,31)(H,28,33). The molecule has 2 N–H and O–H groups in total. The van der Waals surface area contributed by atoms with Crippen LogP contribution in [0.2, 0.25) is 0 Å². The Morgan fingerprint density at radius 2 is 1.82 bits per heavy atom. The van der Waals surface area contributed by atoms with E-state index >= 15 is 0 Å². The molecule has 0 spiro atoms. The van der Waals surface area contributed by atoms with E-state index in [0.29, 0.717) is 23.7 Å². The first-order valence-corrected chi connectivity index (χ1v) is 12.3. The molecule has 2 aromatic rings. The van der Waals surface area contributed by atoms with Crippen LogP contribution in [0.15, 0.2) is 18.2 Å². The summed E-state index contributed by atoms with van der Waals surface area (Å²) in [5.74, 6) is -0.0206. The maximum atomic E-state index is 14.0. The van der Waals surface area contributed by atoms with Gasteiger partial charge in [-0.2, -0.15) is 0 Å². The smallest absolute Gasteiger partial charge is 0.273 e. The van der Waals surface area contributed by atoms with E-state index < -0.39 is 5.54 Å². The van der Waals surface area contributed by atoms with Crippen LogP contribution in [0.4, 0.5) is 5.69 Å². The minimum absolute atomic E-state index is 0.122. The monoisotopic (exact) mass is 468 g/mol. The van der Waals surface area contributed by atoms with E-state index in [1.54, 1.807) is 12.0 Å². The lowest BCUT2D eigenvalue weighted by Crippen LogP contribution is -2.66. The first-order chi connectivity index (χ1) is 16.2. The third-order valence-corrected chi connectivity index (χ3v) is 7.19. The number of nitrogens with zero attached hydrogens (tertiary/aromatic N) is 2. The molecule has 0 radical (unpaired) electrons. The predicted molar refractivity (Wildman–Crippen MR) is 132 cm³/mol. The molecule has 3 amide bonds. The van der Waals surface area contributed by atoms with Crippen molar-refractivity contribution in [3.05, 3.63) is 23.9 Å². The molecule has 0 bridgehead atoms. The number of hydrogen-bond acceptors (Lipinski definition) is 4. The van der Waals surface area contributed by atoms with Crippen LogP contribution in [0.1, 0.15) is 76.7 Å². The molecule has 1 aromatic carbocycles. The number of hydrogen-bond donors (Lipinski definition) is 2. The Hall–Kier alpha value is -3.03. The van der Waals surface area contributed by atoms with Gasteiger partial charge in [-0.05, 0) is 51.8 Å². The summed E-state index contributed by atoms with van der Waals surface area (Å²) in [4.78, 5) is 41.5. The third kappa shape index (κ3) is 4.14. The summed E-state index contributed by atoms with van der Waals surface area (Å²) in [6.45, 7) is 7.43. The maximum Gasteiger partial charge on any atom is 0.273 e. The van der Waals surface area contributed by atoms with Crippen molar-refractivity contribution in [2.24, 2.45) is 0 Å². The normalized spacial score (nSPS) is 21.4. The van der Waals surface area contributed by atoms with Gasteiger partial charge in [-0.25, -0.2) is 0 Å². The van der Waals surface area contributed by atoms with Crippen LogP contribution in [0.5, 0.6) is 5.75 Å². The number of amides is 3. The molecule has 0 saturated heterocycles. The van der Waals surface area contributed by atoms with Gasteiger partial charge in [-0.3, -0.25) is 14.4 Å². The van der Waals surface area contributed by atoms with Gasteiger partial charge in [-0.1, -0.05) is 25.7 Å². The van der Waals surface area contributed by atoms with Gasteiger partial charge in [0.05, 0.1) is 24.9 Å². The number of benzene rings is 1. The number of carbonyl (C=O) groups is 3. The fourth-order valence-corrected chi connectivity index (χ4v) is 5.62. The van der Waals surface area contributed by atoms with E-state index in [-0.39, 0.29) is 29.8 Å². The molecule has 2 heterocycles. The zero-order valence-electron chi connectivity index (χ0n) is 20.9. The highest BCUT2D eigenvalue weighted by Gasteiger charge is 2.50. The Labute approximate surface area is 201 Å². The number of ether oxygens (including phenoxy) is 1. The SMILES string of the molecule is COc1ccc2c(c1)c(NC(C)=O)c1n2CC(C)(C(=O)NC2CCCCCC2)N(C(C)C)C1=O. The van der Waals surface area contributed by atoms with Gasteiger partial charge in [0, 0.05) is 24.4 Å². The van der Waals surface area contributed by atoms with Gasteiger partial charge >= 0.3 is 0 Å². The zero-order chi connectivity index (χ0) is 24.6. The van der Waals surface area contributed by atoms with Crippen molar-refractivity contribution in [1.82, 2.24) is 14.8 Å². The highest BCUT2D eigenvalue weighted by molar-refractivity contribution is 6.14. The molecule has 1 atom stereocenters. The number of methoxy groups -OCH3 is 1. The Kier molecular flexibility index (Phi) is 6.60. The number of fused-ring (bicyclic) bond motifs is 3. The Balaban J connectivity index is 1.82. The van der Waals surface area contributed by atoms with Crippen LogP contribution >= 0.6 is 0 Å². The Morgan fingerprint density at radius 1 is 1.15 bits per heavy atom. The molecule has 1 unspecified atom stereocenters. The number of anilines is 1. The van der Waals surface area contributed by atoms with Gasteiger partial charge in [0.25, 0.3) is 5.91 Å². The third-order valence-electron chi connectivity index (χ3n) is 7.19. The first kappa shape index (κ1) is 24.1. The summed E-state index contributed by atoms with van der Waals surface area (Å²) in [5, 5.41) is 6.86. The topological polar surface area (TPSA) is 92.7 Å². The Morgan fingerprint density at radius 3 is 2.41 bits per heavy atom. The van der Waals surface area contributed by atoms with Crippen LogP contribution in [0.25, 0.3) is 10.9 Å². The molecule has 1 saturated carbocycles. The van der Waals surface area contributed by atoms with E-state index in [1.807, 2.05) is 43.5 Å². The molecule has 1 fully saturated rings. The minimum atomic E-state index is -1.07. The predicted octanol–water partition coefficient (Wildman–Crippen LogP) is 4.07. The zero-order valence-corrected chi connectivity index (χ0v) is 20.9. The molecule has 8 nitrogen and oxygen atoms in total. The van der Waals surface area contributed by atoms with Crippen molar-refractivity contribution in [3.8, 4) is 5.75 Å². The average Bonchev–Trinajstić information content (AvgIpc) is 2.92. The highest BCUT2D eigenvalue weighted by Crippen LogP contribution is 2.40. The summed E-state index contributed by atoms with van der Waals surface area (Å²) in [6.07, 6.45) is 6.58. The van der Waals surface area contributed by atoms with Crippen LogP contribution < -0.4 is 15.4 Å². The van der Waals surface area contributed by atoms with Gasteiger partial charge < -0.3 is 24.8 Å². The van der Waals surface area contributed by atoms with Gasteiger partial charge in [0.2, 0.25) is 11.8 Å². The molecular formula is C26H36N4O4. The molecular weight excluding hydrogens is 432 g/mol. The fourth-order valence-electron chi connectivity index (χ4n) is 5.62. The number of rotatable bonds is 5. The second-order valence-electron chi connectivity index (χ2n) is 10.1. The van der Waals surface area contributed by atoms with Crippen molar-refractivity contribution in [2.75, 3.05) is 12.4 Å². The molecule has 1 aromatic heterocycles. The molecule has 1 aliphatic carbocycles. The van der Waals surface area contributed by atoms with Crippen LogP contribution in [0, 0.1) is 0 Å². The Bertz CT molecular complexity index is 1110. The minimum Gasteiger partial charge on any atom is -0.497 e. The van der Waals surface area contributed by atoms with Crippen molar-refractivity contribution >= 4 is 34.3 Å².